The van der Waals surface area contributed by atoms with E-state index in [1.807, 2.05) is 37.3 Å². The maximum absolute atomic E-state index is 14.4. The van der Waals surface area contributed by atoms with Crippen LogP contribution in [0, 0.1) is 6.92 Å². The first kappa shape index (κ1) is 35.2. The van der Waals surface area contributed by atoms with Gasteiger partial charge in [-0.05, 0) is 54.8 Å². The minimum Gasteiger partial charge on any atom is -0.354 e. The number of anilines is 1. The molecule has 4 rings (SSSR count). The number of carbonyl (C=O) groups excluding carboxylic acids is 2. The smallest absolute Gasteiger partial charge is 0.354 e. The van der Waals surface area contributed by atoms with E-state index in [-0.39, 0.29) is 23.5 Å². The number of carbonyl (C=O) groups is 2. The molecule has 1 atom stereocenters. The van der Waals surface area contributed by atoms with Crippen LogP contribution in [-0.4, -0.2) is 44.3 Å². The summed E-state index contributed by atoms with van der Waals surface area (Å²) < 4.78 is 70.2. The highest BCUT2D eigenvalue weighted by atomic mass is 32.2. The summed E-state index contributed by atoms with van der Waals surface area (Å²) in [4.78, 5) is 29.3. The molecule has 0 aromatic heterocycles. The molecular weight excluding hydrogens is 627 g/mol. The van der Waals surface area contributed by atoms with Gasteiger partial charge in [0.05, 0.1) is 16.1 Å². The lowest BCUT2D eigenvalue weighted by molar-refractivity contribution is -0.140. The van der Waals surface area contributed by atoms with Gasteiger partial charge in [0.15, 0.2) is 0 Å². The Morgan fingerprint density at radius 2 is 1.45 bits per heavy atom. The highest BCUT2D eigenvalue weighted by Crippen LogP contribution is 2.33. The molecule has 7 nitrogen and oxygen atoms in total. The molecule has 0 heterocycles. The van der Waals surface area contributed by atoms with E-state index in [2.05, 4.69) is 5.32 Å². The normalized spacial score (nSPS) is 12.3. The first-order valence-corrected chi connectivity index (χ1v) is 16.8. The van der Waals surface area contributed by atoms with Crippen molar-refractivity contribution in [2.24, 2.45) is 0 Å². The monoisotopic (exact) mass is 665 g/mol. The Morgan fingerprint density at radius 1 is 0.830 bits per heavy atom. The largest absolute Gasteiger partial charge is 0.416 e. The third-order valence-corrected chi connectivity index (χ3v) is 9.43. The number of unbranched alkanes of at least 4 members (excludes halogenated alkanes) is 1. The summed E-state index contributed by atoms with van der Waals surface area (Å²) in [6.45, 7) is 3.24. The van der Waals surface area contributed by atoms with Crippen molar-refractivity contribution in [3.05, 3.63) is 131 Å². The Kier molecular flexibility index (Phi) is 11.8. The van der Waals surface area contributed by atoms with E-state index in [0.717, 1.165) is 29.7 Å². The maximum atomic E-state index is 14.4. The molecule has 2 amide bonds. The standard InChI is InChI=1S/C36H38F3N3O4S/c1-3-4-22-40-35(44)33(23-28-12-7-5-8-13-28)41(25-29-14-9-6-10-15-29)34(43)26-42(31-17-11-16-30(24-31)36(37,38)39)47(45,46)32-20-18-27(2)19-21-32/h5-21,24,33H,3-4,22-23,25-26H2,1-2H3,(H,40,44)/t33-/m1/s1. The molecule has 0 fully saturated rings. The Morgan fingerprint density at radius 3 is 2.04 bits per heavy atom. The number of nitrogens with one attached hydrogen (secondary N) is 1. The molecule has 0 aliphatic carbocycles. The summed E-state index contributed by atoms with van der Waals surface area (Å²) in [6.07, 6.45) is -3.07. The number of halogens is 3. The number of rotatable bonds is 14. The van der Waals surface area contributed by atoms with E-state index in [4.69, 9.17) is 0 Å². The maximum Gasteiger partial charge on any atom is 0.416 e. The highest BCUT2D eigenvalue weighted by molar-refractivity contribution is 7.92. The van der Waals surface area contributed by atoms with Crippen molar-refractivity contribution in [3.63, 3.8) is 0 Å². The minimum absolute atomic E-state index is 0.0423. The van der Waals surface area contributed by atoms with Crippen molar-refractivity contribution in [1.29, 1.82) is 0 Å². The number of amides is 2. The predicted molar refractivity (Wildman–Crippen MR) is 176 cm³/mol. The Balaban J connectivity index is 1.82. The fraction of sp³-hybridized carbons (Fsp3) is 0.278. The molecule has 0 bridgehead atoms. The number of aryl methyl sites for hydroxylation is 1. The van der Waals surface area contributed by atoms with Gasteiger partial charge in [-0.25, -0.2) is 8.42 Å². The Labute approximate surface area is 274 Å². The Bertz CT molecular complexity index is 1730. The van der Waals surface area contributed by atoms with Crippen LogP contribution in [0.3, 0.4) is 0 Å². The second-order valence-electron chi connectivity index (χ2n) is 11.2. The number of nitrogens with zero attached hydrogens (tertiary/aromatic N) is 2. The van der Waals surface area contributed by atoms with E-state index in [0.29, 0.717) is 28.9 Å². The second kappa shape index (κ2) is 15.8. The van der Waals surface area contributed by atoms with Crippen LogP contribution >= 0.6 is 0 Å². The SMILES string of the molecule is CCCCNC(=O)[C@@H](Cc1ccccc1)N(Cc1ccccc1)C(=O)CN(c1cccc(C(F)(F)F)c1)S(=O)(=O)c1ccc(C)cc1. The third-order valence-electron chi connectivity index (χ3n) is 7.65. The molecule has 1 N–H and O–H groups in total. The molecule has 11 heteroatoms. The van der Waals surface area contributed by atoms with E-state index in [9.17, 15) is 31.2 Å². The zero-order chi connectivity index (χ0) is 34.0. The molecule has 0 aliphatic rings. The van der Waals surface area contributed by atoms with Gasteiger partial charge in [0, 0.05) is 19.5 Å². The molecule has 0 radical (unpaired) electrons. The first-order chi connectivity index (χ1) is 22.4. The van der Waals surface area contributed by atoms with Gasteiger partial charge in [0.25, 0.3) is 10.0 Å². The van der Waals surface area contributed by atoms with Gasteiger partial charge < -0.3 is 10.2 Å². The fourth-order valence-electron chi connectivity index (χ4n) is 5.04. The summed E-state index contributed by atoms with van der Waals surface area (Å²) in [7, 11) is -4.54. The van der Waals surface area contributed by atoms with Gasteiger partial charge >= 0.3 is 6.18 Å². The fourth-order valence-corrected chi connectivity index (χ4v) is 6.45. The summed E-state index contributed by atoms with van der Waals surface area (Å²) >= 11 is 0. The van der Waals surface area contributed by atoms with Crippen LogP contribution in [0.5, 0.6) is 0 Å². The number of sulfonamides is 1. The second-order valence-corrected chi connectivity index (χ2v) is 13.1. The van der Waals surface area contributed by atoms with Crippen LogP contribution in [0.4, 0.5) is 18.9 Å². The molecule has 47 heavy (non-hydrogen) atoms. The predicted octanol–water partition coefficient (Wildman–Crippen LogP) is 6.77. The van der Waals surface area contributed by atoms with Crippen molar-refractivity contribution in [2.45, 2.75) is 56.8 Å². The van der Waals surface area contributed by atoms with Crippen LogP contribution in [0.25, 0.3) is 0 Å². The molecule has 4 aromatic rings. The number of hydrogen-bond acceptors (Lipinski definition) is 4. The van der Waals surface area contributed by atoms with Crippen molar-refractivity contribution in [1.82, 2.24) is 10.2 Å². The lowest BCUT2D eigenvalue weighted by Gasteiger charge is -2.34. The van der Waals surface area contributed by atoms with Gasteiger partial charge in [-0.2, -0.15) is 13.2 Å². The average Bonchev–Trinajstić information content (AvgIpc) is 3.06. The molecule has 0 aliphatic heterocycles. The lowest BCUT2D eigenvalue weighted by Crippen LogP contribution is -2.53. The molecule has 0 unspecified atom stereocenters. The van der Waals surface area contributed by atoms with Crippen molar-refractivity contribution < 1.29 is 31.2 Å². The Hall–Kier alpha value is -4.64. The highest BCUT2D eigenvalue weighted by Gasteiger charge is 2.36. The van der Waals surface area contributed by atoms with Crippen molar-refractivity contribution >= 4 is 27.5 Å². The van der Waals surface area contributed by atoms with Crippen LogP contribution < -0.4 is 9.62 Å². The number of alkyl halides is 3. The van der Waals surface area contributed by atoms with E-state index >= 15 is 0 Å². The van der Waals surface area contributed by atoms with E-state index < -0.39 is 46.2 Å². The number of hydrogen-bond donors (Lipinski definition) is 1. The molecule has 0 spiro atoms. The van der Waals surface area contributed by atoms with Crippen LogP contribution in [0.15, 0.2) is 114 Å². The third kappa shape index (κ3) is 9.45. The molecular formula is C36H38F3N3O4S. The molecule has 4 aromatic carbocycles. The van der Waals surface area contributed by atoms with Gasteiger partial charge in [-0.15, -0.1) is 0 Å². The molecule has 0 saturated heterocycles. The van der Waals surface area contributed by atoms with Gasteiger partial charge in [-0.3, -0.25) is 13.9 Å². The summed E-state index contributed by atoms with van der Waals surface area (Å²) in [5.41, 5.74) is 0.839. The first-order valence-electron chi connectivity index (χ1n) is 15.3. The van der Waals surface area contributed by atoms with E-state index in [1.54, 1.807) is 49.4 Å². The van der Waals surface area contributed by atoms with Crippen molar-refractivity contribution in [3.8, 4) is 0 Å². The van der Waals surface area contributed by atoms with Gasteiger partial charge in [0.2, 0.25) is 11.8 Å². The van der Waals surface area contributed by atoms with Crippen LogP contribution in [0.2, 0.25) is 0 Å². The summed E-state index contributed by atoms with van der Waals surface area (Å²) in [5.74, 6) is -1.17. The molecule has 0 saturated carbocycles. The summed E-state index contributed by atoms with van der Waals surface area (Å²) in [6, 6.07) is 26.7. The van der Waals surface area contributed by atoms with Gasteiger partial charge in [-0.1, -0.05) is 97.8 Å². The van der Waals surface area contributed by atoms with Gasteiger partial charge in [0.1, 0.15) is 12.6 Å². The minimum atomic E-state index is -4.75. The number of benzene rings is 4. The quantitative estimate of drug-likeness (QED) is 0.151. The van der Waals surface area contributed by atoms with E-state index in [1.165, 1.54) is 23.1 Å². The zero-order valence-electron chi connectivity index (χ0n) is 26.3. The van der Waals surface area contributed by atoms with Crippen LogP contribution in [0.1, 0.15) is 42.0 Å². The lowest BCUT2D eigenvalue weighted by atomic mass is 10.0. The molecule has 248 valence electrons. The van der Waals surface area contributed by atoms with Crippen LogP contribution in [-0.2, 0) is 38.8 Å². The zero-order valence-corrected chi connectivity index (χ0v) is 27.1. The average molecular weight is 666 g/mol. The topological polar surface area (TPSA) is 86.8 Å². The van der Waals surface area contributed by atoms with Crippen molar-refractivity contribution in [2.75, 3.05) is 17.4 Å². The summed E-state index contributed by atoms with van der Waals surface area (Å²) in [5, 5.41) is 2.91.